The minimum absolute atomic E-state index is 0.0558. The summed E-state index contributed by atoms with van der Waals surface area (Å²) in [7, 11) is -3.67. The fraction of sp³-hybridized carbons (Fsp3) is 0.316. The van der Waals surface area contributed by atoms with E-state index in [9.17, 15) is 17.6 Å². The summed E-state index contributed by atoms with van der Waals surface area (Å²) in [4.78, 5) is 12.1. The van der Waals surface area contributed by atoms with Gasteiger partial charge in [0, 0.05) is 13.0 Å². The van der Waals surface area contributed by atoms with E-state index in [1.54, 1.807) is 18.2 Å². The highest BCUT2D eigenvalue weighted by molar-refractivity contribution is 7.89. The van der Waals surface area contributed by atoms with E-state index < -0.39 is 21.7 Å². The first kappa shape index (κ1) is 18.5. The van der Waals surface area contributed by atoms with Gasteiger partial charge in [0.05, 0.1) is 10.6 Å². The van der Waals surface area contributed by atoms with Crippen LogP contribution in [0.2, 0.25) is 0 Å². The number of benzene rings is 2. The Hall–Kier alpha value is -2.25. The molecule has 5 nitrogen and oxygen atoms in total. The van der Waals surface area contributed by atoms with E-state index in [2.05, 4.69) is 10.0 Å². The first-order valence-corrected chi connectivity index (χ1v) is 10.1. The van der Waals surface area contributed by atoms with Crippen molar-refractivity contribution < 1.29 is 17.6 Å². The number of carbonyl (C=O) groups is 1. The third kappa shape index (κ3) is 4.47. The number of halogens is 1. The number of rotatable bonds is 6. The number of carbonyl (C=O) groups excluding carboxylic acids is 1. The summed E-state index contributed by atoms with van der Waals surface area (Å²) < 4.78 is 40.7. The summed E-state index contributed by atoms with van der Waals surface area (Å²) in [6, 6.07) is 11.0. The van der Waals surface area contributed by atoms with Gasteiger partial charge in [0.1, 0.15) is 5.82 Å². The molecule has 3 rings (SSSR count). The Morgan fingerprint density at radius 1 is 1.04 bits per heavy atom. The second-order valence-electron chi connectivity index (χ2n) is 6.31. The quantitative estimate of drug-likeness (QED) is 0.814. The SMILES string of the molecule is O=C(CCNS(=O)(=O)c1ccc2c(c1)CCCC2)Nc1ccccc1F. The summed E-state index contributed by atoms with van der Waals surface area (Å²) >= 11 is 0. The molecule has 0 radical (unpaired) electrons. The molecule has 26 heavy (non-hydrogen) atoms. The molecule has 0 spiro atoms. The maximum atomic E-state index is 13.5. The van der Waals surface area contributed by atoms with Crippen LogP contribution in [-0.4, -0.2) is 20.9 Å². The monoisotopic (exact) mass is 376 g/mol. The minimum atomic E-state index is -3.67. The van der Waals surface area contributed by atoms with Crippen LogP contribution in [0.15, 0.2) is 47.4 Å². The van der Waals surface area contributed by atoms with Crippen LogP contribution in [0.4, 0.5) is 10.1 Å². The number of aryl methyl sites for hydroxylation is 2. The summed E-state index contributed by atoms with van der Waals surface area (Å²) in [5, 5.41) is 2.43. The Labute approximate surface area is 152 Å². The van der Waals surface area contributed by atoms with Crippen LogP contribution in [-0.2, 0) is 27.7 Å². The summed E-state index contributed by atoms with van der Waals surface area (Å²) in [5.41, 5.74) is 2.37. The van der Waals surface area contributed by atoms with Crippen LogP contribution < -0.4 is 10.0 Å². The second kappa shape index (κ2) is 7.97. The van der Waals surface area contributed by atoms with Crippen molar-refractivity contribution in [2.24, 2.45) is 0 Å². The molecule has 0 fully saturated rings. The lowest BCUT2D eigenvalue weighted by Gasteiger charge is -2.16. The van der Waals surface area contributed by atoms with E-state index in [1.807, 2.05) is 6.07 Å². The smallest absolute Gasteiger partial charge is 0.240 e. The molecule has 1 aliphatic carbocycles. The van der Waals surface area contributed by atoms with Crippen LogP contribution >= 0.6 is 0 Å². The Balaban J connectivity index is 1.57. The molecule has 0 saturated heterocycles. The van der Waals surface area contributed by atoms with Crippen LogP contribution in [0.3, 0.4) is 0 Å². The number of anilines is 1. The first-order valence-electron chi connectivity index (χ1n) is 8.61. The third-order valence-corrected chi connectivity index (χ3v) is 5.88. The minimum Gasteiger partial charge on any atom is -0.324 e. The third-order valence-electron chi connectivity index (χ3n) is 4.42. The Bertz CT molecular complexity index is 913. The van der Waals surface area contributed by atoms with Crippen molar-refractivity contribution in [3.05, 3.63) is 59.4 Å². The topological polar surface area (TPSA) is 75.3 Å². The standard InChI is InChI=1S/C19H21FN2O3S/c20-17-7-3-4-8-18(17)22-19(23)11-12-21-26(24,25)16-10-9-14-5-1-2-6-15(14)13-16/h3-4,7-10,13,21H,1-2,5-6,11-12H2,(H,22,23). The van der Waals surface area contributed by atoms with Gasteiger partial charge in [0.25, 0.3) is 0 Å². The average Bonchev–Trinajstić information content (AvgIpc) is 2.63. The molecule has 7 heteroatoms. The zero-order chi connectivity index (χ0) is 18.6. The molecule has 1 amide bonds. The van der Waals surface area contributed by atoms with E-state index >= 15 is 0 Å². The number of hydrogen-bond acceptors (Lipinski definition) is 3. The highest BCUT2D eigenvalue weighted by Gasteiger charge is 2.18. The Kier molecular flexibility index (Phi) is 5.68. The van der Waals surface area contributed by atoms with Gasteiger partial charge in [-0.15, -0.1) is 0 Å². The largest absolute Gasteiger partial charge is 0.324 e. The predicted octanol–water partition coefficient (Wildman–Crippen LogP) is 3.01. The Morgan fingerprint density at radius 3 is 2.54 bits per heavy atom. The zero-order valence-electron chi connectivity index (χ0n) is 14.3. The number of amides is 1. The lowest BCUT2D eigenvalue weighted by atomic mass is 9.92. The normalized spacial score (nSPS) is 13.9. The molecule has 2 aromatic rings. The maximum absolute atomic E-state index is 13.5. The van der Waals surface area contributed by atoms with Gasteiger partial charge < -0.3 is 5.32 Å². The van der Waals surface area contributed by atoms with Gasteiger partial charge in [0.2, 0.25) is 15.9 Å². The van der Waals surface area contributed by atoms with Gasteiger partial charge in [-0.2, -0.15) is 0 Å². The van der Waals surface area contributed by atoms with Crippen LogP contribution in [0.5, 0.6) is 0 Å². The van der Waals surface area contributed by atoms with Crippen molar-refractivity contribution in [1.82, 2.24) is 4.72 Å². The lowest BCUT2D eigenvalue weighted by Crippen LogP contribution is -2.28. The van der Waals surface area contributed by atoms with Gasteiger partial charge >= 0.3 is 0 Å². The number of fused-ring (bicyclic) bond motifs is 1. The fourth-order valence-electron chi connectivity index (χ4n) is 3.03. The van der Waals surface area contributed by atoms with E-state index in [4.69, 9.17) is 0 Å². The number of nitrogens with one attached hydrogen (secondary N) is 2. The van der Waals surface area contributed by atoms with Crippen molar-refractivity contribution >= 4 is 21.6 Å². The lowest BCUT2D eigenvalue weighted by molar-refractivity contribution is -0.116. The fourth-order valence-corrected chi connectivity index (χ4v) is 4.12. The Morgan fingerprint density at radius 2 is 1.77 bits per heavy atom. The van der Waals surface area contributed by atoms with Crippen molar-refractivity contribution in [3.63, 3.8) is 0 Å². The van der Waals surface area contributed by atoms with Gasteiger partial charge in [-0.25, -0.2) is 17.5 Å². The number of para-hydroxylation sites is 1. The molecular weight excluding hydrogens is 355 g/mol. The van der Waals surface area contributed by atoms with E-state index in [0.29, 0.717) is 0 Å². The molecule has 0 atom stereocenters. The number of hydrogen-bond donors (Lipinski definition) is 2. The summed E-state index contributed by atoms with van der Waals surface area (Å²) in [6.45, 7) is -0.0558. The van der Waals surface area contributed by atoms with Crippen LogP contribution in [0, 0.1) is 5.82 Å². The van der Waals surface area contributed by atoms with Gasteiger partial charge in [0.15, 0.2) is 0 Å². The van der Waals surface area contributed by atoms with Crippen LogP contribution in [0.1, 0.15) is 30.4 Å². The highest BCUT2D eigenvalue weighted by Crippen LogP contribution is 2.24. The molecule has 2 aromatic carbocycles. The molecule has 2 N–H and O–H groups in total. The van der Waals surface area contributed by atoms with Gasteiger partial charge in [-0.1, -0.05) is 18.2 Å². The van der Waals surface area contributed by atoms with Gasteiger partial charge in [-0.3, -0.25) is 4.79 Å². The first-order chi connectivity index (χ1) is 12.5. The highest BCUT2D eigenvalue weighted by atomic mass is 32.2. The van der Waals surface area contributed by atoms with Crippen LogP contribution in [0.25, 0.3) is 0 Å². The molecular formula is C19H21FN2O3S. The van der Waals surface area contributed by atoms with Crippen molar-refractivity contribution in [3.8, 4) is 0 Å². The van der Waals surface area contributed by atoms with E-state index in [-0.39, 0.29) is 23.5 Å². The second-order valence-corrected chi connectivity index (χ2v) is 8.08. The molecule has 0 heterocycles. The van der Waals surface area contributed by atoms with Gasteiger partial charge in [-0.05, 0) is 61.1 Å². The molecule has 0 aromatic heterocycles. The summed E-state index contributed by atoms with van der Waals surface area (Å²) in [6.07, 6.45) is 4.00. The zero-order valence-corrected chi connectivity index (χ0v) is 15.1. The van der Waals surface area contributed by atoms with Crippen molar-refractivity contribution in [2.75, 3.05) is 11.9 Å². The van der Waals surface area contributed by atoms with Crippen molar-refractivity contribution in [1.29, 1.82) is 0 Å². The number of sulfonamides is 1. The predicted molar refractivity (Wildman–Crippen MR) is 97.9 cm³/mol. The molecule has 1 aliphatic rings. The molecule has 0 bridgehead atoms. The molecule has 138 valence electrons. The molecule has 0 unspecified atom stereocenters. The van der Waals surface area contributed by atoms with E-state index in [0.717, 1.165) is 31.2 Å². The maximum Gasteiger partial charge on any atom is 0.240 e. The van der Waals surface area contributed by atoms with Crippen molar-refractivity contribution in [2.45, 2.75) is 37.0 Å². The van der Waals surface area contributed by atoms with E-state index in [1.165, 1.54) is 23.8 Å². The molecule has 0 saturated carbocycles. The summed E-state index contributed by atoms with van der Waals surface area (Å²) in [5.74, 6) is -0.987. The molecule has 0 aliphatic heterocycles. The average molecular weight is 376 g/mol.